The average Bonchev–Trinajstić information content (AvgIpc) is 3.22. The van der Waals surface area contributed by atoms with Crippen LogP contribution in [-0.4, -0.2) is 51.7 Å². The first-order valence-corrected chi connectivity index (χ1v) is 9.93. The van der Waals surface area contributed by atoms with Gasteiger partial charge in [0.1, 0.15) is 0 Å². The number of aromatic nitrogens is 3. The molecule has 156 valence electrons. The normalized spacial score (nSPS) is 10.8. The summed E-state index contributed by atoms with van der Waals surface area (Å²) in [6.45, 7) is 4.79. The standard InChI is InChI=1S/C23H26N4O3/c1-17(2)16-26(15-14-20(28)30-3)23(29)21-24-22(18-10-6-4-7-11-18)27(25-21)19-12-8-5-9-13-19/h4-13,17H,14-16H2,1-3H3. The summed E-state index contributed by atoms with van der Waals surface area (Å²) in [5.41, 5.74) is 1.67. The number of amides is 1. The summed E-state index contributed by atoms with van der Waals surface area (Å²) in [5, 5.41) is 4.53. The number of benzene rings is 2. The fourth-order valence-electron chi connectivity index (χ4n) is 3.11. The largest absolute Gasteiger partial charge is 0.469 e. The predicted molar refractivity (Wildman–Crippen MR) is 114 cm³/mol. The second-order valence-electron chi connectivity index (χ2n) is 7.34. The van der Waals surface area contributed by atoms with Crippen LogP contribution in [0.3, 0.4) is 0 Å². The number of methoxy groups -OCH3 is 1. The van der Waals surface area contributed by atoms with Crippen LogP contribution >= 0.6 is 0 Å². The molecule has 1 heterocycles. The van der Waals surface area contributed by atoms with Gasteiger partial charge >= 0.3 is 5.97 Å². The van der Waals surface area contributed by atoms with Crippen LogP contribution in [0.5, 0.6) is 0 Å². The lowest BCUT2D eigenvalue weighted by Crippen LogP contribution is -2.36. The Morgan fingerprint density at radius 3 is 2.27 bits per heavy atom. The molecule has 0 N–H and O–H groups in total. The van der Waals surface area contributed by atoms with Crippen molar-refractivity contribution < 1.29 is 14.3 Å². The van der Waals surface area contributed by atoms with Gasteiger partial charge in [-0.25, -0.2) is 9.67 Å². The summed E-state index contributed by atoms with van der Waals surface area (Å²) in [7, 11) is 1.34. The molecule has 0 aliphatic carbocycles. The molecular formula is C23H26N4O3. The zero-order valence-electron chi connectivity index (χ0n) is 17.5. The molecule has 1 amide bonds. The summed E-state index contributed by atoms with van der Waals surface area (Å²) in [6, 6.07) is 19.2. The van der Waals surface area contributed by atoms with Gasteiger partial charge in [0.2, 0.25) is 5.82 Å². The van der Waals surface area contributed by atoms with E-state index in [0.29, 0.717) is 12.4 Å². The fraction of sp³-hybridized carbons (Fsp3) is 0.304. The molecule has 0 saturated heterocycles. The Hall–Kier alpha value is -3.48. The van der Waals surface area contributed by atoms with Crippen molar-refractivity contribution in [2.75, 3.05) is 20.2 Å². The average molecular weight is 406 g/mol. The third-order valence-electron chi connectivity index (χ3n) is 4.52. The molecule has 0 aliphatic heterocycles. The van der Waals surface area contributed by atoms with Gasteiger partial charge in [-0.3, -0.25) is 9.59 Å². The lowest BCUT2D eigenvalue weighted by Gasteiger charge is -2.22. The maximum Gasteiger partial charge on any atom is 0.307 e. The number of hydrogen-bond acceptors (Lipinski definition) is 5. The lowest BCUT2D eigenvalue weighted by atomic mass is 10.2. The molecule has 0 unspecified atom stereocenters. The van der Waals surface area contributed by atoms with Crippen molar-refractivity contribution in [3.05, 3.63) is 66.5 Å². The summed E-state index contributed by atoms with van der Waals surface area (Å²) >= 11 is 0. The molecule has 0 spiro atoms. The van der Waals surface area contributed by atoms with Crippen LogP contribution in [0.1, 0.15) is 30.9 Å². The Morgan fingerprint density at radius 2 is 1.67 bits per heavy atom. The Morgan fingerprint density at radius 1 is 1.03 bits per heavy atom. The van der Waals surface area contributed by atoms with E-state index in [9.17, 15) is 9.59 Å². The summed E-state index contributed by atoms with van der Waals surface area (Å²) < 4.78 is 6.39. The molecular weight excluding hydrogens is 380 g/mol. The van der Waals surface area contributed by atoms with E-state index in [-0.39, 0.29) is 36.6 Å². The SMILES string of the molecule is COC(=O)CCN(CC(C)C)C(=O)c1nc(-c2ccccc2)n(-c2ccccc2)n1. The van der Waals surface area contributed by atoms with Crippen molar-refractivity contribution in [3.8, 4) is 17.1 Å². The van der Waals surface area contributed by atoms with Crippen LogP contribution in [0, 0.1) is 5.92 Å². The molecule has 30 heavy (non-hydrogen) atoms. The molecule has 1 aromatic heterocycles. The molecule has 3 rings (SSSR count). The van der Waals surface area contributed by atoms with E-state index in [2.05, 4.69) is 10.1 Å². The Bertz CT molecular complexity index is 927. The maximum atomic E-state index is 13.2. The number of para-hydroxylation sites is 1. The minimum Gasteiger partial charge on any atom is -0.469 e. The van der Waals surface area contributed by atoms with Gasteiger partial charge in [0, 0.05) is 18.7 Å². The summed E-state index contributed by atoms with van der Waals surface area (Å²) in [5.74, 6) is 0.256. The Labute approximate surface area is 176 Å². The van der Waals surface area contributed by atoms with Crippen LogP contribution in [0.15, 0.2) is 60.7 Å². The van der Waals surface area contributed by atoms with Crippen molar-refractivity contribution in [2.45, 2.75) is 20.3 Å². The minimum atomic E-state index is -0.357. The first-order valence-electron chi connectivity index (χ1n) is 9.93. The van der Waals surface area contributed by atoms with Gasteiger partial charge in [0.25, 0.3) is 5.91 Å². The highest BCUT2D eigenvalue weighted by Gasteiger charge is 2.24. The molecule has 0 atom stereocenters. The van der Waals surface area contributed by atoms with Gasteiger partial charge in [-0.05, 0) is 18.1 Å². The van der Waals surface area contributed by atoms with Crippen molar-refractivity contribution in [2.24, 2.45) is 5.92 Å². The van der Waals surface area contributed by atoms with E-state index in [1.165, 1.54) is 7.11 Å². The summed E-state index contributed by atoms with van der Waals surface area (Å²) in [6.07, 6.45) is 0.125. The van der Waals surface area contributed by atoms with Crippen molar-refractivity contribution in [3.63, 3.8) is 0 Å². The number of carbonyl (C=O) groups excluding carboxylic acids is 2. The van der Waals surface area contributed by atoms with Crippen LogP contribution < -0.4 is 0 Å². The number of carbonyl (C=O) groups is 2. The van der Waals surface area contributed by atoms with Crippen molar-refractivity contribution in [1.82, 2.24) is 19.7 Å². The minimum absolute atomic E-state index is 0.100. The number of rotatable bonds is 8. The molecule has 0 saturated carbocycles. The molecule has 0 aliphatic rings. The highest BCUT2D eigenvalue weighted by atomic mass is 16.5. The highest BCUT2D eigenvalue weighted by Crippen LogP contribution is 2.21. The number of hydrogen-bond donors (Lipinski definition) is 0. The maximum absolute atomic E-state index is 13.2. The van der Waals surface area contributed by atoms with Gasteiger partial charge in [-0.2, -0.15) is 0 Å². The van der Waals surface area contributed by atoms with E-state index >= 15 is 0 Å². The van der Waals surface area contributed by atoms with Gasteiger partial charge < -0.3 is 9.64 Å². The van der Waals surface area contributed by atoms with Crippen molar-refractivity contribution in [1.29, 1.82) is 0 Å². The smallest absolute Gasteiger partial charge is 0.307 e. The number of esters is 1. The second kappa shape index (κ2) is 9.82. The van der Waals surface area contributed by atoms with E-state index in [1.54, 1.807) is 9.58 Å². The second-order valence-corrected chi connectivity index (χ2v) is 7.34. The monoisotopic (exact) mass is 406 g/mol. The van der Waals surface area contributed by atoms with Crippen LogP contribution in [0.25, 0.3) is 17.1 Å². The zero-order valence-corrected chi connectivity index (χ0v) is 17.5. The molecule has 0 fully saturated rings. The summed E-state index contributed by atoms with van der Waals surface area (Å²) in [4.78, 5) is 31.0. The van der Waals surface area contributed by atoms with Gasteiger partial charge in [-0.1, -0.05) is 62.4 Å². The van der Waals surface area contributed by atoms with Crippen molar-refractivity contribution >= 4 is 11.9 Å². The van der Waals surface area contributed by atoms with Crippen LogP contribution in [0.4, 0.5) is 0 Å². The molecule has 2 aromatic carbocycles. The van der Waals surface area contributed by atoms with Crippen LogP contribution in [0.2, 0.25) is 0 Å². The van der Waals surface area contributed by atoms with E-state index < -0.39 is 0 Å². The zero-order chi connectivity index (χ0) is 21.5. The molecule has 0 bridgehead atoms. The fourth-order valence-corrected chi connectivity index (χ4v) is 3.11. The van der Waals surface area contributed by atoms with Gasteiger partial charge in [-0.15, -0.1) is 5.10 Å². The molecule has 0 radical (unpaired) electrons. The third-order valence-corrected chi connectivity index (χ3v) is 4.52. The first-order chi connectivity index (χ1) is 14.5. The van der Waals surface area contributed by atoms with Gasteiger partial charge in [0.05, 0.1) is 19.2 Å². The number of nitrogens with zero attached hydrogens (tertiary/aromatic N) is 4. The molecule has 7 heteroatoms. The Balaban J connectivity index is 1.98. The van der Waals surface area contributed by atoms with E-state index in [0.717, 1.165) is 11.3 Å². The molecule has 7 nitrogen and oxygen atoms in total. The van der Waals surface area contributed by atoms with E-state index in [1.807, 2.05) is 74.5 Å². The topological polar surface area (TPSA) is 77.3 Å². The number of ether oxygens (including phenoxy) is 1. The van der Waals surface area contributed by atoms with Gasteiger partial charge in [0.15, 0.2) is 5.82 Å². The molecule has 3 aromatic rings. The predicted octanol–water partition coefficient (Wildman–Crippen LogP) is 3.60. The highest BCUT2D eigenvalue weighted by molar-refractivity contribution is 5.91. The third kappa shape index (κ3) is 5.11. The van der Waals surface area contributed by atoms with E-state index in [4.69, 9.17) is 4.74 Å². The van der Waals surface area contributed by atoms with Crippen LogP contribution in [-0.2, 0) is 9.53 Å². The first kappa shape index (κ1) is 21.2. The quantitative estimate of drug-likeness (QED) is 0.534. The lowest BCUT2D eigenvalue weighted by molar-refractivity contribution is -0.140. The Kier molecular flexibility index (Phi) is 6.95.